The summed E-state index contributed by atoms with van der Waals surface area (Å²) in [6, 6.07) is 7.99. The first kappa shape index (κ1) is 23.4. The van der Waals surface area contributed by atoms with E-state index in [4.69, 9.17) is 28.7 Å². The molecule has 0 aliphatic carbocycles. The van der Waals surface area contributed by atoms with E-state index in [1.165, 1.54) is 11.1 Å². The summed E-state index contributed by atoms with van der Waals surface area (Å²) < 4.78 is 27.3. The molecule has 0 fully saturated rings. The van der Waals surface area contributed by atoms with Gasteiger partial charge in [-0.3, -0.25) is 0 Å². The molecule has 8 heteroatoms. The zero-order valence-corrected chi connectivity index (χ0v) is 19.8. The molecule has 8 nitrogen and oxygen atoms in total. The van der Waals surface area contributed by atoms with Gasteiger partial charge in [0, 0.05) is 19.6 Å². The molecule has 1 N–H and O–H groups in total. The molecule has 0 aromatic heterocycles. The van der Waals surface area contributed by atoms with Gasteiger partial charge in [-0.25, -0.2) is 4.99 Å². The van der Waals surface area contributed by atoms with Crippen molar-refractivity contribution in [3.05, 3.63) is 41.0 Å². The third-order valence-corrected chi connectivity index (χ3v) is 5.49. The summed E-state index contributed by atoms with van der Waals surface area (Å²) in [5, 5.41) is 3.42. The minimum atomic E-state index is 0.480. The Bertz CT molecular complexity index is 936. The third kappa shape index (κ3) is 4.95. The van der Waals surface area contributed by atoms with E-state index in [0.29, 0.717) is 23.8 Å². The lowest BCUT2D eigenvalue weighted by Gasteiger charge is -2.32. The number of ether oxygens (including phenoxy) is 5. The van der Waals surface area contributed by atoms with Gasteiger partial charge >= 0.3 is 0 Å². The van der Waals surface area contributed by atoms with E-state index in [0.717, 1.165) is 49.1 Å². The summed E-state index contributed by atoms with van der Waals surface area (Å²) >= 11 is 0. The summed E-state index contributed by atoms with van der Waals surface area (Å²) in [5.74, 6) is 4.19. The summed E-state index contributed by atoms with van der Waals surface area (Å²) in [6.45, 7) is 4.94. The van der Waals surface area contributed by atoms with Gasteiger partial charge in [-0.15, -0.1) is 0 Å². The molecule has 0 saturated carbocycles. The van der Waals surface area contributed by atoms with Gasteiger partial charge in [0.25, 0.3) is 0 Å². The van der Waals surface area contributed by atoms with Gasteiger partial charge in [0.05, 0.1) is 42.1 Å². The first-order chi connectivity index (χ1) is 15.6. The molecular formula is C24H33N3O5. The molecule has 174 valence electrons. The molecule has 0 bridgehead atoms. The molecular weight excluding hydrogens is 410 g/mol. The first-order valence-corrected chi connectivity index (χ1v) is 10.6. The second kappa shape index (κ2) is 10.8. The van der Waals surface area contributed by atoms with E-state index in [1.807, 2.05) is 12.1 Å². The van der Waals surface area contributed by atoms with Crippen LogP contribution in [0.3, 0.4) is 0 Å². The van der Waals surface area contributed by atoms with Crippen molar-refractivity contribution in [2.45, 2.75) is 26.4 Å². The molecule has 0 spiro atoms. The van der Waals surface area contributed by atoms with Gasteiger partial charge in [0.1, 0.15) is 0 Å². The van der Waals surface area contributed by atoms with E-state index in [2.05, 4.69) is 29.3 Å². The van der Waals surface area contributed by atoms with Crippen LogP contribution in [0.4, 0.5) is 0 Å². The van der Waals surface area contributed by atoms with Crippen molar-refractivity contribution < 1.29 is 23.7 Å². The predicted molar refractivity (Wildman–Crippen MR) is 125 cm³/mol. The van der Waals surface area contributed by atoms with Crippen molar-refractivity contribution in [2.75, 3.05) is 48.6 Å². The molecule has 0 unspecified atom stereocenters. The van der Waals surface area contributed by atoms with Gasteiger partial charge in [-0.1, -0.05) is 0 Å². The normalized spacial score (nSPS) is 13.3. The Hall–Kier alpha value is -3.29. The van der Waals surface area contributed by atoms with Crippen LogP contribution in [0.2, 0.25) is 0 Å². The number of hydrogen-bond donors (Lipinski definition) is 1. The van der Waals surface area contributed by atoms with Crippen LogP contribution in [0, 0.1) is 0 Å². The van der Waals surface area contributed by atoms with Crippen molar-refractivity contribution in [2.24, 2.45) is 4.99 Å². The second-order valence-corrected chi connectivity index (χ2v) is 7.35. The van der Waals surface area contributed by atoms with Crippen LogP contribution in [-0.2, 0) is 19.5 Å². The fourth-order valence-corrected chi connectivity index (χ4v) is 3.88. The molecule has 2 aromatic rings. The topological polar surface area (TPSA) is 73.8 Å². The maximum absolute atomic E-state index is 5.49. The average Bonchev–Trinajstić information content (AvgIpc) is 2.84. The molecule has 0 radical (unpaired) electrons. The zero-order valence-electron chi connectivity index (χ0n) is 19.8. The summed E-state index contributed by atoms with van der Waals surface area (Å²) in [4.78, 5) is 7.15. The largest absolute Gasteiger partial charge is 0.493 e. The molecule has 0 saturated heterocycles. The quantitative estimate of drug-likeness (QED) is 0.496. The highest BCUT2D eigenvalue weighted by atomic mass is 16.5. The summed E-state index contributed by atoms with van der Waals surface area (Å²) in [7, 11) is 8.15. The number of rotatable bonds is 8. The Labute approximate surface area is 190 Å². The fraction of sp³-hybridized carbons (Fsp3) is 0.458. The summed E-state index contributed by atoms with van der Waals surface area (Å²) in [5.41, 5.74) is 3.46. The van der Waals surface area contributed by atoms with Crippen molar-refractivity contribution in [3.63, 3.8) is 0 Å². The molecule has 32 heavy (non-hydrogen) atoms. The molecule has 2 aromatic carbocycles. The van der Waals surface area contributed by atoms with Crippen LogP contribution < -0.4 is 29.0 Å². The van der Waals surface area contributed by atoms with E-state index in [1.54, 1.807) is 35.5 Å². The van der Waals surface area contributed by atoms with Crippen LogP contribution in [0.25, 0.3) is 0 Å². The number of methoxy groups -OCH3 is 5. The summed E-state index contributed by atoms with van der Waals surface area (Å²) in [6.07, 6.45) is 0.907. The van der Waals surface area contributed by atoms with E-state index >= 15 is 0 Å². The van der Waals surface area contributed by atoms with Crippen LogP contribution in [-0.4, -0.2) is 59.5 Å². The van der Waals surface area contributed by atoms with Gasteiger partial charge in [0.15, 0.2) is 29.0 Å². The van der Waals surface area contributed by atoms with Crippen LogP contribution >= 0.6 is 0 Å². The first-order valence-electron chi connectivity index (χ1n) is 10.6. The van der Waals surface area contributed by atoms with E-state index in [-0.39, 0.29) is 0 Å². The Morgan fingerprint density at radius 3 is 1.97 bits per heavy atom. The number of benzene rings is 2. The van der Waals surface area contributed by atoms with Crippen LogP contribution in [0.5, 0.6) is 28.7 Å². The zero-order chi connectivity index (χ0) is 23.1. The Morgan fingerprint density at radius 2 is 1.44 bits per heavy atom. The minimum absolute atomic E-state index is 0.480. The number of nitrogens with zero attached hydrogens (tertiary/aromatic N) is 2. The van der Waals surface area contributed by atoms with Crippen molar-refractivity contribution in [1.82, 2.24) is 10.2 Å². The van der Waals surface area contributed by atoms with Gasteiger partial charge in [0.2, 0.25) is 5.75 Å². The monoisotopic (exact) mass is 443 g/mol. The number of fused-ring (bicyclic) bond motifs is 1. The Kier molecular flexibility index (Phi) is 7.92. The minimum Gasteiger partial charge on any atom is -0.493 e. The lowest BCUT2D eigenvalue weighted by Crippen LogP contribution is -2.44. The van der Waals surface area contributed by atoms with Crippen LogP contribution in [0.1, 0.15) is 23.6 Å². The molecule has 3 rings (SSSR count). The smallest absolute Gasteiger partial charge is 0.203 e. The molecule has 1 heterocycles. The molecule has 1 aliphatic heterocycles. The Morgan fingerprint density at radius 1 is 0.844 bits per heavy atom. The lowest BCUT2D eigenvalue weighted by molar-refractivity contribution is 0.324. The highest BCUT2D eigenvalue weighted by Gasteiger charge is 2.22. The van der Waals surface area contributed by atoms with Crippen molar-refractivity contribution in [3.8, 4) is 28.7 Å². The molecule has 0 atom stereocenters. The van der Waals surface area contributed by atoms with Gasteiger partial charge in [-0.2, -0.15) is 0 Å². The predicted octanol–water partition coefficient (Wildman–Crippen LogP) is 3.25. The lowest BCUT2D eigenvalue weighted by atomic mass is 9.99. The maximum atomic E-state index is 5.49. The average molecular weight is 444 g/mol. The van der Waals surface area contributed by atoms with Crippen molar-refractivity contribution in [1.29, 1.82) is 0 Å². The standard InChI is InChI=1S/C24H33N3O5/c1-7-25-24(26-14-16-10-21(30-4)23(32-6)22(11-16)31-5)27-9-8-17-12-19(28-2)20(29-3)13-18(17)15-27/h10-13H,7-9,14-15H2,1-6H3,(H,25,26). The number of guanidine groups is 1. The number of nitrogens with one attached hydrogen (secondary N) is 1. The molecule has 0 amide bonds. The molecule has 1 aliphatic rings. The van der Waals surface area contributed by atoms with Gasteiger partial charge in [-0.05, 0) is 54.3 Å². The van der Waals surface area contributed by atoms with Gasteiger partial charge < -0.3 is 33.9 Å². The fourth-order valence-electron chi connectivity index (χ4n) is 3.88. The van der Waals surface area contributed by atoms with Crippen molar-refractivity contribution >= 4 is 5.96 Å². The van der Waals surface area contributed by atoms with Crippen LogP contribution in [0.15, 0.2) is 29.3 Å². The second-order valence-electron chi connectivity index (χ2n) is 7.35. The third-order valence-electron chi connectivity index (χ3n) is 5.49. The highest BCUT2D eigenvalue weighted by molar-refractivity contribution is 5.80. The number of aliphatic imine (C=N–C) groups is 1. The maximum Gasteiger partial charge on any atom is 0.203 e. The highest BCUT2D eigenvalue weighted by Crippen LogP contribution is 2.38. The number of hydrogen-bond acceptors (Lipinski definition) is 6. The SMILES string of the molecule is CCNC(=NCc1cc(OC)c(OC)c(OC)c1)N1CCc2cc(OC)c(OC)cc2C1. The van der Waals surface area contributed by atoms with E-state index in [9.17, 15) is 0 Å². The Balaban J connectivity index is 1.85. The van der Waals surface area contributed by atoms with E-state index < -0.39 is 0 Å².